The Labute approximate surface area is 316 Å². The number of nitrogens with one attached hydrogen (secondary N) is 4. The molecule has 5 rings (SSSR count). The standard InChI is InChI=1S/C40H42N4O8S2/c1-39(2,3)27-16-20-29(21-17-27)41-37(45)43-31-10-7-12-33(24-31)51-53(47,48)35-14-9-15-36(26-35)54(49,50)52-34-13-8-11-32(25-34)44-38(46)42-30-22-18-28(19-23-30)40(4,5)6/h7-26H,1-6H3,(H2,41,43,45)(H2,42,44,46). The van der Waals surface area contributed by atoms with Crippen LogP contribution in [0.1, 0.15) is 52.7 Å². The lowest BCUT2D eigenvalue weighted by Crippen LogP contribution is -2.20. The van der Waals surface area contributed by atoms with Gasteiger partial charge in [0.15, 0.2) is 0 Å². The van der Waals surface area contributed by atoms with Gasteiger partial charge in [-0.25, -0.2) is 9.59 Å². The third-order valence-corrected chi connectivity index (χ3v) is 10.5. The van der Waals surface area contributed by atoms with E-state index in [1.807, 2.05) is 24.3 Å². The summed E-state index contributed by atoms with van der Waals surface area (Å²) in [4.78, 5) is 24.4. The molecule has 0 saturated carbocycles. The van der Waals surface area contributed by atoms with Crippen molar-refractivity contribution in [2.75, 3.05) is 21.3 Å². The van der Waals surface area contributed by atoms with Crippen LogP contribution in [0.3, 0.4) is 0 Å². The molecule has 0 aliphatic rings. The molecule has 0 saturated heterocycles. The van der Waals surface area contributed by atoms with Gasteiger partial charge in [0, 0.05) is 34.9 Å². The van der Waals surface area contributed by atoms with Gasteiger partial charge in [0.25, 0.3) is 0 Å². The summed E-state index contributed by atoms with van der Waals surface area (Å²) in [5, 5.41) is 10.7. The second kappa shape index (κ2) is 15.6. The molecule has 0 aliphatic carbocycles. The summed E-state index contributed by atoms with van der Waals surface area (Å²) in [6.07, 6.45) is 0. The van der Waals surface area contributed by atoms with Gasteiger partial charge in [-0.1, -0.05) is 84.0 Å². The molecule has 0 atom stereocenters. The van der Waals surface area contributed by atoms with Crippen LogP contribution in [0, 0.1) is 0 Å². The number of urea groups is 2. The minimum absolute atomic E-state index is 0.0435. The molecule has 282 valence electrons. The molecule has 0 bridgehead atoms. The van der Waals surface area contributed by atoms with Crippen LogP contribution in [0.15, 0.2) is 131 Å². The third-order valence-electron chi connectivity index (χ3n) is 8.00. The molecule has 14 heteroatoms. The Hall–Kier alpha value is -5.86. The number of amides is 4. The fraction of sp³-hybridized carbons (Fsp3) is 0.200. The highest BCUT2D eigenvalue weighted by Crippen LogP contribution is 2.28. The quantitative estimate of drug-likeness (QED) is 0.102. The number of carbonyl (C=O) groups is 2. The molecule has 0 radical (unpaired) electrons. The van der Waals surface area contributed by atoms with E-state index in [1.54, 1.807) is 36.4 Å². The van der Waals surface area contributed by atoms with Gasteiger partial charge in [-0.05, 0) is 88.7 Å². The lowest BCUT2D eigenvalue weighted by molar-refractivity contribution is 0.261. The van der Waals surface area contributed by atoms with E-state index in [4.69, 9.17) is 8.37 Å². The maximum Gasteiger partial charge on any atom is 0.339 e. The lowest BCUT2D eigenvalue weighted by atomic mass is 9.87. The van der Waals surface area contributed by atoms with Crippen LogP contribution >= 0.6 is 0 Å². The highest BCUT2D eigenvalue weighted by Gasteiger charge is 2.23. The first-order chi connectivity index (χ1) is 25.3. The van der Waals surface area contributed by atoms with Gasteiger partial charge in [0.1, 0.15) is 21.3 Å². The van der Waals surface area contributed by atoms with Crippen molar-refractivity contribution in [2.24, 2.45) is 0 Å². The van der Waals surface area contributed by atoms with E-state index in [-0.39, 0.29) is 33.7 Å². The van der Waals surface area contributed by atoms with E-state index in [9.17, 15) is 26.4 Å². The molecular weight excluding hydrogens is 729 g/mol. The fourth-order valence-corrected chi connectivity index (χ4v) is 7.09. The number of anilines is 4. The predicted molar refractivity (Wildman–Crippen MR) is 211 cm³/mol. The highest BCUT2D eigenvalue weighted by molar-refractivity contribution is 7.88. The van der Waals surface area contributed by atoms with Crippen LogP contribution in [0.5, 0.6) is 11.5 Å². The number of carbonyl (C=O) groups excluding carboxylic acids is 2. The molecule has 0 spiro atoms. The Balaban J connectivity index is 1.21. The second-order valence-electron chi connectivity index (χ2n) is 14.4. The first-order valence-corrected chi connectivity index (χ1v) is 19.6. The van der Waals surface area contributed by atoms with Crippen molar-refractivity contribution in [3.63, 3.8) is 0 Å². The zero-order valence-corrected chi connectivity index (χ0v) is 32.3. The fourth-order valence-electron chi connectivity index (χ4n) is 5.08. The van der Waals surface area contributed by atoms with E-state index >= 15 is 0 Å². The average molecular weight is 771 g/mol. The highest BCUT2D eigenvalue weighted by atomic mass is 32.2. The first-order valence-electron chi connectivity index (χ1n) is 16.8. The van der Waals surface area contributed by atoms with Gasteiger partial charge in [-0.3, -0.25) is 0 Å². The maximum absolute atomic E-state index is 13.2. The Morgan fingerprint density at radius 2 is 0.778 bits per heavy atom. The predicted octanol–water partition coefficient (Wildman–Crippen LogP) is 9.11. The Morgan fingerprint density at radius 1 is 0.444 bits per heavy atom. The molecule has 0 aromatic heterocycles. The zero-order valence-electron chi connectivity index (χ0n) is 30.6. The molecule has 0 unspecified atom stereocenters. The number of hydrogen-bond acceptors (Lipinski definition) is 8. The van der Waals surface area contributed by atoms with Gasteiger partial charge in [0.2, 0.25) is 0 Å². The molecule has 4 N–H and O–H groups in total. The van der Waals surface area contributed by atoms with Gasteiger partial charge in [0.05, 0.1) is 0 Å². The van der Waals surface area contributed by atoms with Crippen LogP contribution in [-0.2, 0) is 31.1 Å². The minimum atomic E-state index is -4.54. The second-order valence-corrected chi connectivity index (χ2v) is 17.5. The summed E-state index contributed by atoms with van der Waals surface area (Å²) in [5.74, 6) is -0.246. The third kappa shape index (κ3) is 10.6. The van der Waals surface area contributed by atoms with Gasteiger partial charge in [-0.2, -0.15) is 16.8 Å². The van der Waals surface area contributed by atoms with Gasteiger partial charge >= 0.3 is 32.3 Å². The Morgan fingerprint density at radius 3 is 1.13 bits per heavy atom. The van der Waals surface area contributed by atoms with E-state index in [0.717, 1.165) is 17.2 Å². The van der Waals surface area contributed by atoms with Crippen molar-refractivity contribution >= 4 is 55.0 Å². The van der Waals surface area contributed by atoms with E-state index in [1.165, 1.54) is 54.6 Å². The van der Waals surface area contributed by atoms with Crippen LogP contribution in [0.4, 0.5) is 32.3 Å². The number of rotatable bonds is 10. The van der Waals surface area contributed by atoms with E-state index in [2.05, 4.69) is 62.8 Å². The summed E-state index contributed by atoms with van der Waals surface area (Å²) in [6.45, 7) is 12.5. The van der Waals surface area contributed by atoms with Gasteiger partial charge < -0.3 is 29.6 Å². The molecule has 5 aromatic rings. The summed E-state index contributed by atoms with van der Waals surface area (Å²) < 4.78 is 63.6. The zero-order chi connectivity index (χ0) is 39.3. The molecule has 12 nitrogen and oxygen atoms in total. The minimum Gasteiger partial charge on any atom is -0.379 e. The summed E-state index contributed by atoms with van der Waals surface area (Å²) >= 11 is 0. The van der Waals surface area contributed by atoms with Crippen molar-refractivity contribution < 1.29 is 34.8 Å². The van der Waals surface area contributed by atoms with Crippen LogP contribution in [-0.4, -0.2) is 28.9 Å². The van der Waals surface area contributed by atoms with E-state index < -0.39 is 42.1 Å². The van der Waals surface area contributed by atoms with Crippen LogP contribution in [0.25, 0.3) is 0 Å². The summed E-state index contributed by atoms with van der Waals surface area (Å²) in [7, 11) is -9.08. The molecule has 0 aliphatic heterocycles. The lowest BCUT2D eigenvalue weighted by Gasteiger charge is -2.19. The average Bonchev–Trinajstić information content (AvgIpc) is 3.08. The molecule has 54 heavy (non-hydrogen) atoms. The van der Waals surface area contributed by atoms with E-state index in [0.29, 0.717) is 11.4 Å². The Bertz CT molecular complexity index is 2200. The molecule has 5 aromatic carbocycles. The van der Waals surface area contributed by atoms with Crippen molar-refractivity contribution in [1.82, 2.24) is 0 Å². The maximum atomic E-state index is 13.2. The normalized spacial score (nSPS) is 12.0. The van der Waals surface area contributed by atoms with Gasteiger partial charge in [-0.15, -0.1) is 0 Å². The smallest absolute Gasteiger partial charge is 0.339 e. The van der Waals surface area contributed by atoms with Crippen LogP contribution < -0.4 is 29.6 Å². The number of hydrogen-bond donors (Lipinski definition) is 4. The topological polar surface area (TPSA) is 169 Å². The molecule has 0 heterocycles. The first kappa shape index (κ1) is 39.3. The van der Waals surface area contributed by atoms with Crippen molar-refractivity contribution in [3.05, 3.63) is 132 Å². The molecule has 0 fully saturated rings. The molecule has 4 amide bonds. The summed E-state index contributed by atoms with van der Waals surface area (Å²) in [6, 6.07) is 29.7. The monoisotopic (exact) mass is 770 g/mol. The largest absolute Gasteiger partial charge is 0.379 e. The SMILES string of the molecule is CC(C)(C)c1ccc(NC(=O)Nc2cccc(OS(=O)(=O)c3cccc(S(=O)(=O)Oc4cccc(NC(=O)Nc5ccc(C(C)(C)C)cc5)c4)c3)c2)cc1. The molecular formula is C40H42N4O8S2. The Kier molecular flexibility index (Phi) is 11.4. The van der Waals surface area contributed by atoms with Crippen molar-refractivity contribution in [1.29, 1.82) is 0 Å². The van der Waals surface area contributed by atoms with Crippen molar-refractivity contribution in [3.8, 4) is 11.5 Å². The van der Waals surface area contributed by atoms with Crippen molar-refractivity contribution in [2.45, 2.75) is 62.2 Å². The number of benzene rings is 5. The summed E-state index contributed by atoms with van der Waals surface area (Å²) in [5.41, 5.74) is 3.76. The van der Waals surface area contributed by atoms with Crippen LogP contribution in [0.2, 0.25) is 0 Å².